The summed E-state index contributed by atoms with van der Waals surface area (Å²) in [7, 11) is 0. The highest BCUT2D eigenvalue weighted by Crippen LogP contribution is 2.22. The third kappa shape index (κ3) is 4.43. The van der Waals surface area contributed by atoms with Crippen LogP contribution >= 0.6 is 11.6 Å². The summed E-state index contributed by atoms with van der Waals surface area (Å²) in [6, 6.07) is 10.7. The fourth-order valence-electron chi connectivity index (χ4n) is 2.90. The number of piperazine rings is 1. The van der Waals surface area contributed by atoms with Crippen LogP contribution in [0.5, 0.6) is 0 Å². The van der Waals surface area contributed by atoms with Crippen LogP contribution in [0.15, 0.2) is 48.5 Å². The molecule has 0 saturated carbocycles. The number of nitro groups is 1. The smallest absolute Gasteiger partial charge is 0.269 e. The van der Waals surface area contributed by atoms with Crippen molar-refractivity contribution >= 4 is 35.0 Å². The van der Waals surface area contributed by atoms with Crippen molar-refractivity contribution in [3.63, 3.8) is 0 Å². The Labute approximate surface area is 160 Å². The molecule has 8 heteroatoms. The molecule has 0 atom stereocenters. The van der Waals surface area contributed by atoms with Crippen molar-refractivity contribution in [2.45, 2.75) is 0 Å². The maximum absolute atomic E-state index is 13.8. The van der Waals surface area contributed by atoms with Crippen LogP contribution in [0, 0.1) is 15.9 Å². The minimum Gasteiger partial charge on any atom is -0.368 e. The Morgan fingerprint density at radius 3 is 2.37 bits per heavy atom. The number of nitro benzene ring substituents is 1. The Hall–Kier alpha value is -2.93. The molecule has 6 nitrogen and oxygen atoms in total. The zero-order valence-electron chi connectivity index (χ0n) is 14.3. The van der Waals surface area contributed by atoms with Gasteiger partial charge in [-0.05, 0) is 30.3 Å². The van der Waals surface area contributed by atoms with Crippen LogP contribution in [-0.2, 0) is 4.79 Å². The number of rotatable bonds is 4. The lowest BCUT2D eigenvalue weighted by Gasteiger charge is -2.35. The van der Waals surface area contributed by atoms with Gasteiger partial charge in [-0.3, -0.25) is 14.9 Å². The number of anilines is 1. The molecule has 1 aliphatic heterocycles. The molecule has 1 fully saturated rings. The molecule has 0 bridgehead atoms. The van der Waals surface area contributed by atoms with Crippen molar-refractivity contribution in [1.82, 2.24) is 4.90 Å². The van der Waals surface area contributed by atoms with Gasteiger partial charge in [0.15, 0.2) is 0 Å². The highest BCUT2D eigenvalue weighted by atomic mass is 35.5. The van der Waals surface area contributed by atoms with E-state index in [-0.39, 0.29) is 22.2 Å². The Bertz CT molecular complexity index is 858. The molecular formula is C19H17ClFN3O3. The molecular weight excluding hydrogens is 373 g/mol. The number of non-ortho nitro benzene ring substituents is 1. The molecule has 1 aliphatic rings. The molecule has 1 heterocycles. The zero-order valence-corrected chi connectivity index (χ0v) is 15.1. The van der Waals surface area contributed by atoms with Gasteiger partial charge in [0.2, 0.25) is 5.91 Å². The van der Waals surface area contributed by atoms with E-state index in [4.69, 9.17) is 11.6 Å². The van der Waals surface area contributed by atoms with Gasteiger partial charge in [0.1, 0.15) is 5.82 Å². The van der Waals surface area contributed by atoms with Gasteiger partial charge in [0.05, 0.1) is 9.95 Å². The van der Waals surface area contributed by atoms with Crippen molar-refractivity contribution < 1.29 is 14.1 Å². The van der Waals surface area contributed by atoms with Crippen LogP contribution in [0.1, 0.15) is 5.56 Å². The van der Waals surface area contributed by atoms with Gasteiger partial charge in [-0.2, -0.15) is 0 Å². The maximum atomic E-state index is 13.8. The van der Waals surface area contributed by atoms with Gasteiger partial charge < -0.3 is 9.80 Å². The predicted molar refractivity (Wildman–Crippen MR) is 102 cm³/mol. The van der Waals surface area contributed by atoms with E-state index >= 15 is 0 Å². The number of hydrogen-bond acceptors (Lipinski definition) is 4. The van der Waals surface area contributed by atoms with Gasteiger partial charge in [0.25, 0.3) is 5.69 Å². The second kappa shape index (κ2) is 8.18. The first kappa shape index (κ1) is 18.8. The summed E-state index contributed by atoms with van der Waals surface area (Å²) in [5.41, 5.74) is 1.11. The first-order chi connectivity index (χ1) is 13.0. The standard InChI is InChI=1S/C19H17ClFN3O3/c20-17-2-1-3-18(21)16(17)8-9-19(25)23-12-10-22(11-13-23)14-4-6-15(7-5-14)24(26)27/h1-9H,10-13H2/b9-8-. The molecule has 140 valence electrons. The highest BCUT2D eigenvalue weighted by molar-refractivity contribution is 6.32. The molecule has 0 spiro atoms. The quantitative estimate of drug-likeness (QED) is 0.454. The summed E-state index contributed by atoms with van der Waals surface area (Å²) >= 11 is 5.95. The van der Waals surface area contributed by atoms with Crippen LogP contribution in [-0.4, -0.2) is 41.9 Å². The van der Waals surface area contributed by atoms with Crippen LogP contribution < -0.4 is 4.90 Å². The lowest BCUT2D eigenvalue weighted by molar-refractivity contribution is -0.384. The van der Waals surface area contributed by atoms with Crippen molar-refractivity contribution in [2.75, 3.05) is 31.1 Å². The molecule has 27 heavy (non-hydrogen) atoms. The minimum absolute atomic E-state index is 0.0458. The predicted octanol–water partition coefficient (Wildman–Crippen LogP) is 3.75. The molecule has 2 aromatic rings. The van der Waals surface area contributed by atoms with Gasteiger partial charge in [-0.1, -0.05) is 17.7 Å². The van der Waals surface area contributed by atoms with Crippen LogP contribution in [0.4, 0.5) is 15.8 Å². The SMILES string of the molecule is O=C(/C=C\c1c(F)cccc1Cl)N1CCN(c2ccc([N+](=O)[O-])cc2)CC1. The molecule has 0 radical (unpaired) electrons. The van der Waals surface area contributed by atoms with Gasteiger partial charge in [-0.25, -0.2) is 4.39 Å². The van der Waals surface area contributed by atoms with E-state index in [1.165, 1.54) is 36.4 Å². The number of nitrogens with zero attached hydrogens (tertiary/aromatic N) is 3. The van der Waals surface area contributed by atoms with Gasteiger partial charge in [0, 0.05) is 55.6 Å². The Morgan fingerprint density at radius 2 is 1.78 bits per heavy atom. The zero-order chi connectivity index (χ0) is 19.4. The van der Waals surface area contributed by atoms with Crippen LogP contribution in [0.3, 0.4) is 0 Å². The fraction of sp³-hybridized carbons (Fsp3) is 0.211. The van der Waals surface area contributed by atoms with E-state index < -0.39 is 10.7 Å². The van der Waals surface area contributed by atoms with E-state index in [1.54, 1.807) is 23.1 Å². The minimum atomic E-state index is -0.477. The Kier molecular flexibility index (Phi) is 5.71. The Balaban J connectivity index is 1.59. The number of carbonyl (C=O) groups excluding carboxylic acids is 1. The summed E-state index contributed by atoms with van der Waals surface area (Å²) in [6.45, 7) is 2.23. The maximum Gasteiger partial charge on any atom is 0.269 e. The van der Waals surface area contributed by atoms with Crippen molar-refractivity contribution in [2.24, 2.45) is 0 Å². The lowest BCUT2D eigenvalue weighted by atomic mass is 10.2. The molecule has 1 saturated heterocycles. The van der Waals surface area contributed by atoms with E-state index in [2.05, 4.69) is 4.90 Å². The molecule has 0 aliphatic carbocycles. The number of benzene rings is 2. The molecule has 1 amide bonds. The first-order valence-electron chi connectivity index (χ1n) is 8.36. The summed E-state index contributed by atoms with van der Waals surface area (Å²) in [5, 5.41) is 11.0. The number of hydrogen-bond donors (Lipinski definition) is 0. The second-order valence-electron chi connectivity index (χ2n) is 6.05. The van der Waals surface area contributed by atoms with E-state index in [9.17, 15) is 19.3 Å². The summed E-state index contributed by atoms with van der Waals surface area (Å²) in [4.78, 5) is 26.4. The lowest BCUT2D eigenvalue weighted by Crippen LogP contribution is -2.48. The molecule has 0 aromatic heterocycles. The van der Waals surface area contributed by atoms with Gasteiger partial charge >= 0.3 is 0 Å². The van der Waals surface area contributed by atoms with E-state index in [1.807, 2.05) is 0 Å². The summed E-state index contributed by atoms with van der Waals surface area (Å²) in [5.74, 6) is -0.688. The number of amides is 1. The highest BCUT2D eigenvalue weighted by Gasteiger charge is 2.20. The largest absolute Gasteiger partial charge is 0.368 e. The van der Waals surface area contributed by atoms with Crippen molar-refractivity contribution in [3.8, 4) is 0 Å². The number of carbonyl (C=O) groups is 1. The first-order valence-corrected chi connectivity index (χ1v) is 8.74. The molecule has 3 rings (SSSR count). The van der Waals surface area contributed by atoms with Crippen molar-refractivity contribution in [1.29, 1.82) is 0 Å². The third-order valence-corrected chi connectivity index (χ3v) is 4.74. The fourth-order valence-corrected chi connectivity index (χ4v) is 3.13. The monoisotopic (exact) mass is 389 g/mol. The van der Waals surface area contributed by atoms with E-state index in [0.29, 0.717) is 26.2 Å². The summed E-state index contributed by atoms with van der Waals surface area (Å²) in [6.07, 6.45) is 2.72. The Morgan fingerprint density at radius 1 is 1.11 bits per heavy atom. The van der Waals surface area contributed by atoms with Crippen molar-refractivity contribution in [3.05, 3.63) is 75.1 Å². The molecule has 0 N–H and O–H groups in total. The average molecular weight is 390 g/mol. The van der Waals surface area contributed by atoms with Crippen LogP contribution in [0.25, 0.3) is 6.08 Å². The normalized spacial score (nSPS) is 14.6. The van der Waals surface area contributed by atoms with Gasteiger partial charge in [-0.15, -0.1) is 0 Å². The summed E-state index contributed by atoms with van der Waals surface area (Å²) < 4.78 is 13.8. The van der Waals surface area contributed by atoms with E-state index in [0.717, 1.165) is 5.69 Å². The second-order valence-corrected chi connectivity index (χ2v) is 6.46. The molecule has 0 unspecified atom stereocenters. The number of halogens is 2. The third-order valence-electron chi connectivity index (χ3n) is 4.41. The topological polar surface area (TPSA) is 66.7 Å². The van der Waals surface area contributed by atoms with Crippen LogP contribution in [0.2, 0.25) is 5.02 Å². The average Bonchev–Trinajstić information content (AvgIpc) is 2.67. The molecule has 2 aromatic carbocycles.